The van der Waals surface area contributed by atoms with Gasteiger partial charge in [-0.1, -0.05) is 0 Å². The van der Waals surface area contributed by atoms with E-state index < -0.39 is 0 Å². The second-order valence-corrected chi connectivity index (χ2v) is 11.1. The second-order valence-electron chi connectivity index (χ2n) is 11.1. The predicted molar refractivity (Wildman–Crippen MR) is 158 cm³/mol. The molecule has 1 atom stereocenters. The van der Waals surface area contributed by atoms with E-state index in [4.69, 9.17) is 23.7 Å². The molecule has 1 unspecified atom stereocenters. The van der Waals surface area contributed by atoms with Gasteiger partial charge in [-0.2, -0.15) is 0 Å². The van der Waals surface area contributed by atoms with Gasteiger partial charge >= 0.3 is 5.97 Å². The fourth-order valence-electron chi connectivity index (χ4n) is 5.96. The molecule has 2 fully saturated rings. The van der Waals surface area contributed by atoms with Crippen molar-refractivity contribution in [2.75, 3.05) is 66.8 Å². The summed E-state index contributed by atoms with van der Waals surface area (Å²) in [5.41, 5.74) is 6.58. The third kappa shape index (κ3) is 6.23. The standard InChI is InChI=1S/C32H43N3O6/c1-21(2)41-32(36)27-18-26-15-25(19-35(26)31(22(27)3)23(4)34-9-13-40-14-10-34)24-16-29(37-5)28(30(17-24)38-6)20-33-7-11-39-12-8-33/h15-19,21,23H,7-14,20H2,1-6H3. The van der Waals surface area contributed by atoms with E-state index in [1.165, 1.54) is 0 Å². The van der Waals surface area contributed by atoms with Gasteiger partial charge < -0.3 is 28.1 Å². The average molecular weight is 566 g/mol. The average Bonchev–Trinajstić information content (AvgIpc) is 3.41. The Morgan fingerprint density at radius 2 is 1.49 bits per heavy atom. The minimum Gasteiger partial charge on any atom is -0.496 e. The molecule has 0 saturated carbocycles. The second kappa shape index (κ2) is 12.8. The van der Waals surface area contributed by atoms with Crippen LogP contribution in [0.15, 0.2) is 30.5 Å². The lowest BCUT2D eigenvalue weighted by Gasteiger charge is -2.34. The smallest absolute Gasteiger partial charge is 0.338 e. The normalized spacial score (nSPS) is 17.6. The quantitative estimate of drug-likeness (QED) is 0.345. The van der Waals surface area contributed by atoms with Gasteiger partial charge in [0.15, 0.2) is 0 Å². The topological polar surface area (TPSA) is 74.1 Å². The number of ether oxygens (including phenoxy) is 5. The zero-order valence-electron chi connectivity index (χ0n) is 25.2. The molecular formula is C32H43N3O6. The molecule has 2 saturated heterocycles. The Morgan fingerprint density at radius 3 is 2.07 bits per heavy atom. The van der Waals surface area contributed by atoms with E-state index in [2.05, 4.69) is 45.5 Å². The summed E-state index contributed by atoms with van der Waals surface area (Å²) in [6, 6.07) is 8.31. The first kappa shape index (κ1) is 29.4. The lowest BCUT2D eigenvalue weighted by atomic mass is 10.0. The maximum atomic E-state index is 13.2. The number of hydrogen-bond acceptors (Lipinski definition) is 8. The summed E-state index contributed by atoms with van der Waals surface area (Å²) < 4.78 is 30.8. The fraction of sp³-hybridized carbons (Fsp3) is 0.531. The molecule has 0 spiro atoms. The number of rotatable bonds is 9. The van der Waals surface area contributed by atoms with Crippen LogP contribution in [0.25, 0.3) is 16.6 Å². The van der Waals surface area contributed by atoms with Crippen LogP contribution in [0.2, 0.25) is 0 Å². The highest BCUT2D eigenvalue weighted by atomic mass is 16.5. The molecule has 41 heavy (non-hydrogen) atoms. The van der Waals surface area contributed by atoms with Crippen molar-refractivity contribution in [3.63, 3.8) is 0 Å². The molecule has 0 amide bonds. The Balaban J connectivity index is 1.60. The van der Waals surface area contributed by atoms with Crippen molar-refractivity contribution in [1.82, 2.24) is 14.2 Å². The molecule has 5 rings (SSSR count). The highest BCUT2D eigenvalue weighted by molar-refractivity contribution is 5.93. The first-order valence-corrected chi connectivity index (χ1v) is 14.5. The number of fused-ring (bicyclic) bond motifs is 1. The SMILES string of the molecule is COc1cc(-c2cc3cc(C(=O)OC(C)C)c(C)c(C(C)N4CCOCC4)n3c2)cc(OC)c1CN1CCOCC1. The molecule has 2 aliphatic rings. The molecule has 4 heterocycles. The monoisotopic (exact) mass is 565 g/mol. The van der Waals surface area contributed by atoms with Crippen molar-refractivity contribution in [3.05, 3.63) is 52.8 Å². The van der Waals surface area contributed by atoms with Gasteiger partial charge in [-0.25, -0.2) is 4.79 Å². The molecule has 1 aromatic carbocycles. The largest absolute Gasteiger partial charge is 0.496 e. The molecule has 0 bridgehead atoms. The van der Waals surface area contributed by atoms with Crippen molar-refractivity contribution >= 4 is 11.5 Å². The van der Waals surface area contributed by atoms with Crippen molar-refractivity contribution in [2.45, 2.75) is 46.4 Å². The van der Waals surface area contributed by atoms with E-state index in [1.807, 2.05) is 26.8 Å². The van der Waals surface area contributed by atoms with Crippen molar-refractivity contribution in [2.24, 2.45) is 0 Å². The summed E-state index contributed by atoms with van der Waals surface area (Å²) in [4.78, 5) is 18.0. The van der Waals surface area contributed by atoms with Gasteiger partial charge in [0, 0.05) is 61.7 Å². The van der Waals surface area contributed by atoms with Gasteiger partial charge in [-0.15, -0.1) is 0 Å². The van der Waals surface area contributed by atoms with Gasteiger partial charge in [0.05, 0.1) is 57.9 Å². The number of esters is 1. The van der Waals surface area contributed by atoms with E-state index in [9.17, 15) is 4.79 Å². The van der Waals surface area contributed by atoms with E-state index in [0.717, 1.165) is 90.9 Å². The van der Waals surface area contributed by atoms with E-state index in [1.54, 1.807) is 14.2 Å². The first-order valence-electron chi connectivity index (χ1n) is 14.5. The maximum Gasteiger partial charge on any atom is 0.338 e. The summed E-state index contributed by atoms with van der Waals surface area (Å²) in [7, 11) is 3.41. The molecule has 0 radical (unpaired) electrons. The van der Waals surface area contributed by atoms with Crippen LogP contribution in [0, 0.1) is 6.92 Å². The number of methoxy groups -OCH3 is 2. The first-order chi connectivity index (χ1) is 19.8. The van der Waals surface area contributed by atoms with Gasteiger partial charge in [0.1, 0.15) is 11.5 Å². The van der Waals surface area contributed by atoms with E-state index in [0.29, 0.717) is 18.8 Å². The Hall–Kier alpha value is -3.11. The van der Waals surface area contributed by atoms with Crippen molar-refractivity contribution in [1.29, 1.82) is 0 Å². The number of carbonyl (C=O) groups is 1. The predicted octanol–water partition coefficient (Wildman–Crippen LogP) is 4.72. The van der Waals surface area contributed by atoms with Crippen molar-refractivity contribution < 1.29 is 28.5 Å². The molecular weight excluding hydrogens is 522 g/mol. The summed E-state index contributed by atoms with van der Waals surface area (Å²) in [5.74, 6) is 1.29. The molecule has 0 aliphatic carbocycles. The molecule has 0 N–H and O–H groups in total. The van der Waals surface area contributed by atoms with Crippen LogP contribution in [-0.4, -0.2) is 93.1 Å². The lowest BCUT2D eigenvalue weighted by molar-refractivity contribution is 0.0186. The Kier molecular flexibility index (Phi) is 9.19. The van der Waals surface area contributed by atoms with Crippen LogP contribution in [-0.2, 0) is 20.8 Å². The zero-order valence-corrected chi connectivity index (χ0v) is 25.2. The molecule has 2 aromatic heterocycles. The van der Waals surface area contributed by atoms with Gasteiger partial charge in [-0.3, -0.25) is 9.80 Å². The minimum absolute atomic E-state index is 0.0772. The number of carbonyl (C=O) groups excluding carboxylic acids is 1. The number of nitrogens with zero attached hydrogens (tertiary/aromatic N) is 3. The maximum absolute atomic E-state index is 13.2. The molecule has 3 aromatic rings. The van der Waals surface area contributed by atoms with Crippen LogP contribution in [0.3, 0.4) is 0 Å². The minimum atomic E-state index is -0.297. The van der Waals surface area contributed by atoms with Gasteiger partial charge in [0.2, 0.25) is 0 Å². The number of pyridine rings is 1. The number of morpholine rings is 2. The van der Waals surface area contributed by atoms with E-state index in [-0.39, 0.29) is 18.1 Å². The Morgan fingerprint density at radius 1 is 0.878 bits per heavy atom. The number of aromatic nitrogens is 1. The van der Waals surface area contributed by atoms with E-state index >= 15 is 0 Å². The number of benzene rings is 1. The highest BCUT2D eigenvalue weighted by Crippen LogP contribution is 2.38. The third-order valence-electron chi connectivity index (χ3n) is 8.17. The summed E-state index contributed by atoms with van der Waals surface area (Å²) >= 11 is 0. The van der Waals surface area contributed by atoms with Gasteiger partial charge in [-0.05, 0) is 63.1 Å². The summed E-state index contributed by atoms with van der Waals surface area (Å²) in [6.07, 6.45) is 1.96. The third-order valence-corrected chi connectivity index (χ3v) is 8.17. The highest BCUT2D eigenvalue weighted by Gasteiger charge is 2.27. The lowest BCUT2D eigenvalue weighted by Crippen LogP contribution is -2.39. The fourth-order valence-corrected chi connectivity index (χ4v) is 5.96. The van der Waals surface area contributed by atoms with Crippen LogP contribution in [0.1, 0.15) is 54.0 Å². The summed E-state index contributed by atoms with van der Waals surface area (Å²) in [6.45, 7) is 15.0. The molecule has 2 aliphatic heterocycles. The molecule has 9 heteroatoms. The Bertz CT molecular complexity index is 1350. The van der Waals surface area contributed by atoms with Crippen LogP contribution < -0.4 is 9.47 Å². The van der Waals surface area contributed by atoms with Crippen LogP contribution in [0.4, 0.5) is 0 Å². The van der Waals surface area contributed by atoms with Crippen LogP contribution in [0.5, 0.6) is 11.5 Å². The van der Waals surface area contributed by atoms with Crippen molar-refractivity contribution in [3.8, 4) is 22.6 Å². The van der Waals surface area contributed by atoms with Gasteiger partial charge in [0.25, 0.3) is 0 Å². The van der Waals surface area contributed by atoms with Crippen LogP contribution >= 0.6 is 0 Å². The Labute approximate surface area is 242 Å². The summed E-state index contributed by atoms with van der Waals surface area (Å²) in [5, 5.41) is 0. The number of hydrogen-bond donors (Lipinski definition) is 0. The molecule has 222 valence electrons. The zero-order chi connectivity index (χ0) is 29.1. The molecule has 9 nitrogen and oxygen atoms in total.